The summed E-state index contributed by atoms with van der Waals surface area (Å²) in [6, 6.07) is 0. The maximum Gasteiger partial charge on any atom is 0.218 e. The molecule has 0 saturated carbocycles. The van der Waals surface area contributed by atoms with Gasteiger partial charge in [0.15, 0.2) is 5.96 Å². The molecule has 0 bridgehead atoms. The maximum absolute atomic E-state index is 10.9. The fourth-order valence-corrected chi connectivity index (χ4v) is 2.07. The van der Waals surface area contributed by atoms with Crippen LogP contribution in [0, 0.1) is 0 Å². The third-order valence-corrected chi connectivity index (χ3v) is 2.70. The average molecular weight is 264 g/mol. The molecule has 6 nitrogen and oxygen atoms in total. The number of carbonyl (C=O) groups excluding carboxylic acids is 1. The van der Waals surface area contributed by atoms with Crippen molar-refractivity contribution >= 4 is 40.1 Å². The van der Waals surface area contributed by atoms with E-state index in [0.29, 0.717) is 22.6 Å². The Morgan fingerprint density at radius 1 is 1.62 bits per heavy atom. The highest BCUT2D eigenvalue weighted by molar-refractivity contribution is 7.98. The molecule has 1 rings (SSSR count). The Balaban J connectivity index is 2.74. The van der Waals surface area contributed by atoms with Gasteiger partial charge in [-0.3, -0.25) is 4.79 Å². The summed E-state index contributed by atoms with van der Waals surface area (Å²) in [5, 5.41) is 1.93. The maximum atomic E-state index is 10.9. The average Bonchev–Trinajstić information content (AvgIpc) is 2.73. The summed E-state index contributed by atoms with van der Waals surface area (Å²) in [4.78, 5) is 18.7. The second-order valence-electron chi connectivity index (χ2n) is 2.54. The predicted molar refractivity (Wildman–Crippen MR) is 67.6 cm³/mol. The molecule has 8 heteroatoms. The summed E-state index contributed by atoms with van der Waals surface area (Å²) in [6.45, 7) is 0. The third-order valence-electron chi connectivity index (χ3n) is 1.23. The number of guanidine groups is 1. The number of hydrogen-bond donors (Lipinski definition) is 3. The van der Waals surface area contributed by atoms with Gasteiger partial charge < -0.3 is 17.2 Å². The molecular formula is C8H13N5OS2. The molecule has 1 heterocycles. The minimum atomic E-state index is -2.78. The first-order chi connectivity index (χ1) is 9.06. The van der Waals surface area contributed by atoms with Crippen LogP contribution in [0.3, 0.4) is 0 Å². The van der Waals surface area contributed by atoms with Gasteiger partial charge in [0.05, 0.1) is 5.69 Å². The van der Waals surface area contributed by atoms with Crippen molar-refractivity contribution in [2.45, 2.75) is 12.1 Å². The minimum Gasteiger partial charge on any atom is -0.370 e. The van der Waals surface area contributed by atoms with Crippen LogP contribution in [-0.2, 0) is 10.5 Å². The number of nitrogens with two attached hydrogens (primary N) is 3. The van der Waals surface area contributed by atoms with Gasteiger partial charge in [0, 0.05) is 28.7 Å². The summed E-state index contributed by atoms with van der Waals surface area (Å²) < 4.78 is 29.9. The molecule has 16 heavy (non-hydrogen) atoms. The second kappa shape index (κ2) is 6.33. The molecule has 0 fully saturated rings. The molecule has 0 unspecified atom stereocenters. The molecule has 0 spiro atoms. The molecule has 1 aromatic rings. The van der Waals surface area contributed by atoms with Crippen LogP contribution in [0.4, 0.5) is 5.13 Å². The molecule has 1 aromatic heterocycles. The normalized spacial score (nSPS) is 15.5. The number of hydrogen-bond acceptors (Lipinski definition) is 5. The van der Waals surface area contributed by atoms with Gasteiger partial charge in [0.25, 0.3) is 0 Å². The van der Waals surface area contributed by atoms with Crippen LogP contribution >= 0.6 is 23.1 Å². The van der Waals surface area contributed by atoms with Crippen LogP contribution in [-0.4, -0.2) is 22.6 Å². The van der Waals surface area contributed by atoms with Crippen LogP contribution in [0.5, 0.6) is 0 Å². The molecule has 88 valence electrons. The van der Waals surface area contributed by atoms with Crippen molar-refractivity contribution in [1.29, 1.82) is 0 Å². The number of carbonyl (C=O) groups is 1. The zero-order valence-corrected chi connectivity index (χ0v) is 9.77. The fraction of sp³-hybridized carbons (Fsp3) is 0.375. The molecule has 0 saturated heterocycles. The van der Waals surface area contributed by atoms with Crippen LogP contribution in [0.25, 0.3) is 0 Å². The van der Waals surface area contributed by atoms with Gasteiger partial charge in [0.2, 0.25) is 11.0 Å². The van der Waals surface area contributed by atoms with Gasteiger partial charge in [-0.1, -0.05) is 0 Å². The van der Waals surface area contributed by atoms with E-state index in [9.17, 15) is 4.79 Å². The second-order valence-corrected chi connectivity index (χ2v) is 4.16. The number of rotatable bonds is 6. The lowest BCUT2D eigenvalue weighted by Crippen LogP contribution is -2.21. The lowest BCUT2D eigenvalue weighted by molar-refractivity contribution is -0.117. The topological polar surface area (TPSA) is 120 Å². The number of primary amides is 1. The van der Waals surface area contributed by atoms with Crippen molar-refractivity contribution < 1.29 is 10.3 Å². The van der Waals surface area contributed by atoms with E-state index < -0.39 is 18.0 Å². The number of aromatic nitrogens is 1. The lowest BCUT2D eigenvalue weighted by Gasteiger charge is -1.95. The Kier molecular flexibility index (Phi) is 3.13. The third kappa shape index (κ3) is 4.99. The number of nitrogens with zero attached hydrogens (tertiary/aromatic N) is 2. The van der Waals surface area contributed by atoms with Gasteiger partial charge in [-0.05, 0) is 0 Å². The fourth-order valence-electron chi connectivity index (χ4n) is 0.721. The zero-order chi connectivity index (χ0) is 15.6. The van der Waals surface area contributed by atoms with Gasteiger partial charge in [-0.2, -0.15) is 16.8 Å². The summed E-state index contributed by atoms with van der Waals surface area (Å²) in [5.41, 5.74) is 13.3. The van der Waals surface area contributed by atoms with E-state index in [4.69, 9.17) is 22.7 Å². The molecule has 6 N–H and O–H groups in total. The van der Waals surface area contributed by atoms with Crippen molar-refractivity contribution in [3.05, 3.63) is 11.1 Å². The molecular weight excluding hydrogens is 247 g/mol. The van der Waals surface area contributed by atoms with Crippen molar-refractivity contribution in [1.82, 2.24) is 4.98 Å². The first-order valence-corrected chi connectivity index (χ1v) is 5.90. The zero-order valence-electron chi connectivity index (χ0n) is 12.1. The molecule has 0 aliphatic carbocycles. The molecule has 1 amide bonds. The Labute approximate surface area is 107 Å². The summed E-state index contributed by atoms with van der Waals surface area (Å²) in [6.07, 6.45) is -2.78. The highest BCUT2D eigenvalue weighted by atomic mass is 32.2. The lowest BCUT2D eigenvalue weighted by atomic mass is 10.6. The van der Waals surface area contributed by atoms with Gasteiger partial charge in [0.1, 0.15) is 0 Å². The van der Waals surface area contributed by atoms with Gasteiger partial charge in [-0.15, -0.1) is 11.3 Å². The largest absolute Gasteiger partial charge is 0.370 e. The minimum absolute atomic E-state index is 0.0519. The molecule has 0 aliphatic rings. The van der Waals surface area contributed by atoms with Crippen LogP contribution < -0.4 is 17.2 Å². The molecule has 0 radical (unpaired) electrons. The van der Waals surface area contributed by atoms with Crippen molar-refractivity contribution in [3.8, 4) is 0 Å². The van der Waals surface area contributed by atoms with Crippen molar-refractivity contribution in [2.24, 2.45) is 22.2 Å². The first kappa shape index (κ1) is 7.91. The standard InChI is InChI=1S/C8H13N5OS2/c9-6(14)1-2-15-3-5-4-16-8(12-5)13-7(10)11/h4H,1-3H2,(H2,9,14)(H4,10,11,12,13)/i1D2,2D2,6+1. The monoisotopic (exact) mass is 264 g/mol. The summed E-state index contributed by atoms with van der Waals surface area (Å²) in [7, 11) is 0. The Morgan fingerprint density at radius 3 is 3.00 bits per heavy atom. The highest BCUT2D eigenvalue weighted by Gasteiger charge is 2.02. The van der Waals surface area contributed by atoms with Crippen LogP contribution in [0.15, 0.2) is 10.4 Å². The van der Waals surface area contributed by atoms with E-state index in [1.54, 1.807) is 5.38 Å². The highest BCUT2D eigenvalue weighted by Crippen LogP contribution is 2.21. The molecule has 0 aromatic carbocycles. The summed E-state index contributed by atoms with van der Waals surface area (Å²) in [5.74, 6) is -1.44. The number of aliphatic imine (C=N–C) groups is 1. The SMILES string of the molecule is [2H]C([2H])(SCc1csc(N=C(N)N)n1)C([2H])([2H])[13C](N)=O. The van der Waals surface area contributed by atoms with E-state index in [1.807, 2.05) is 0 Å². The van der Waals surface area contributed by atoms with E-state index in [2.05, 4.69) is 9.98 Å². The summed E-state index contributed by atoms with van der Waals surface area (Å²) >= 11 is 1.75. The Hall–Kier alpha value is -1.28. The van der Waals surface area contributed by atoms with Gasteiger partial charge in [-0.25, -0.2) is 4.98 Å². The Bertz CT molecular complexity index is 529. The number of amides is 1. The van der Waals surface area contributed by atoms with E-state index in [-0.39, 0.29) is 11.7 Å². The molecule has 0 atom stereocenters. The smallest absolute Gasteiger partial charge is 0.218 e. The van der Waals surface area contributed by atoms with E-state index in [1.165, 1.54) is 0 Å². The first-order valence-electron chi connectivity index (χ1n) is 6.04. The van der Waals surface area contributed by atoms with Crippen molar-refractivity contribution in [3.63, 3.8) is 0 Å². The van der Waals surface area contributed by atoms with E-state index in [0.717, 1.165) is 11.3 Å². The molecule has 0 aliphatic heterocycles. The van der Waals surface area contributed by atoms with Crippen molar-refractivity contribution in [2.75, 3.05) is 5.70 Å². The quantitative estimate of drug-likeness (QED) is 0.384. The van der Waals surface area contributed by atoms with E-state index >= 15 is 0 Å². The van der Waals surface area contributed by atoms with Gasteiger partial charge >= 0.3 is 0 Å². The van der Waals surface area contributed by atoms with Crippen LogP contribution in [0.1, 0.15) is 17.5 Å². The number of thiazole rings is 1. The predicted octanol–water partition coefficient (Wildman–Crippen LogP) is 0.157. The number of thioether (sulfide) groups is 1. The van der Waals surface area contributed by atoms with Crippen LogP contribution in [0.2, 0.25) is 0 Å². The Morgan fingerprint density at radius 2 is 2.38 bits per heavy atom.